The van der Waals surface area contributed by atoms with Gasteiger partial charge in [-0.3, -0.25) is 0 Å². The minimum absolute atomic E-state index is 0.0413. The minimum atomic E-state index is -0.194. The highest BCUT2D eigenvalue weighted by Crippen LogP contribution is 1.94. The molecule has 0 aliphatic heterocycles. The zero-order valence-corrected chi connectivity index (χ0v) is 13.9. The predicted octanol–water partition coefficient (Wildman–Crippen LogP) is -0.587. The molecule has 8 nitrogen and oxygen atoms in total. The first-order valence-corrected chi connectivity index (χ1v) is 7.73. The Morgan fingerprint density at radius 3 is 1.27 bits per heavy atom. The molecule has 0 radical (unpaired) electrons. The second-order valence-electron chi connectivity index (χ2n) is 4.31. The third-order valence-corrected chi connectivity index (χ3v) is 2.37. The van der Waals surface area contributed by atoms with Gasteiger partial charge in [0.25, 0.3) is 0 Å². The molecule has 2 atom stereocenters. The van der Waals surface area contributed by atoms with E-state index in [0.29, 0.717) is 39.6 Å². The monoisotopic (exact) mass is 326 g/mol. The van der Waals surface area contributed by atoms with Crippen LogP contribution in [0.4, 0.5) is 0 Å². The normalized spacial score (nSPS) is 13.4. The van der Waals surface area contributed by atoms with Crippen LogP contribution in [0, 0.1) is 0 Å². The number of nitrogens with two attached hydrogens (primary N) is 2. The fraction of sp³-hybridized carbons (Fsp3) is 1.00. The third kappa shape index (κ3) is 22.0. The Kier molecular flexibility index (Phi) is 22.5. The van der Waals surface area contributed by atoms with Crippen molar-refractivity contribution < 1.29 is 29.2 Å². The Labute approximate surface area is 133 Å². The Bertz CT molecular complexity index is 182. The molecule has 8 heteroatoms. The van der Waals surface area contributed by atoms with E-state index < -0.39 is 0 Å². The Hall–Kier alpha value is -0.320. The second kappa shape index (κ2) is 20.7. The van der Waals surface area contributed by atoms with Crippen molar-refractivity contribution >= 4 is 0 Å². The van der Waals surface area contributed by atoms with Crippen molar-refractivity contribution in [3.05, 3.63) is 0 Å². The van der Waals surface area contributed by atoms with Gasteiger partial charge >= 0.3 is 0 Å². The van der Waals surface area contributed by atoms with E-state index in [2.05, 4.69) is 0 Å². The fourth-order valence-corrected chi connectivity index (χ4v) is 1.09. The first-order chi connectivity index (χ1) is 10.6. The van der Waals surface area contributed by atoms with Crippen molar-refractivity contribution in [2.24, 2.45) is 11.5 Å². The number of rotatable bonds is 14. The summed E-state index contributed by atoms with van der Waals surface area (Å²) in [7, 11) is 0. The lowest BCUT2D eigenvalue weighted by molar-refractivity contribution is -0.00842. The van der Waals surface area contributed by atoms with Gasteiger partial charge in [0.15, 0.2) is 0 Å². The lowest BCUT2D eigenvalue weighted by Gasteiger charge is -2.15. The average molecular weight is 326 g/mol. The molecule has 0 aromatic carbocycles. The molecule has 22 heavy (non-hydrogen) atoms. The van der Waals surface area contributed by atoms with Crippen LogP contribution in [0.25, 0.3) is 0 Å². The van der Waals surface area contributed by atoms with E-state index in [4.69, 9.17) is 40.6 Å². The largest absolute Gasteiger partial charge is 0.394 e. The number of aliphatic hydroxyl groups is 2. The van der Waals surface area contributed by atoms with E-state index in [1.165, 1.54) is 0 Å². The molecule has 2 unspecified atom stereocenters. The van der Waals surface area contributed by atoms with Crippen molar-refractivity contribution in [3.63, 3.8) is 0 Å². The van der Waals surface area contributed by atoms with Crippen molar-refractivity contribution in [2.75, 3.05) is 52.9 Å². The molecule has 0 saturated heterocycles. The van der Waals surface area contributed by atoms with E-state index in [-0.39, 0.29) is 25.7 Å². The molecular formula is C14H34N2O6. The van der Waals surface area contributed by atoms with Gasteiger partial charge in [-0.2, -0.15) is 0 Å². The Morgan fingerprint density at radius 2 is 1.00 bits per heavy atom. The molecule has 0 aromatic heterocycles. The zero-order valence-electron chi connectivity index (χ0n) is 13.9. The van der Waals surface area contributed by atoms with Crippen LogP contribution in [0.3, 0.4) is 0 Å². The summed E-state index contributed by atoms with van der Waals surface area (Å²) in [4.78, 5) is 0. The molecule has 0 rings (SSSR count). The standard InChI is InChI=1S/C8H18O5.C6H16N2O/c9-1-3-11-5-7-13-8-6-12-4-2-10;1-3-5(7)9-6(8)4-2/h9-10H,1-8H2;5-6H,3-4,7-8H2,1-2H3. The summed E-state index contributed by atoms with van der Waals surface area (Å²) in [5.41, 5.74) is 10.9. The van der Waals surface area contributed by atoms with Gasteiger partial charge in [-0.05, 0) is 12.8 Å². The van der Waals surface area contributed by atoms with Gasteiger partial charge in [0.1, 0.15) is 12.5 Å². The summed E-state index contributed by atoms with van der Waals surface area (Å²) in [6.45, 7) is 6.69. The molecule has 0 spiro atoms. The van der Waals surface area contributed by atoms with Crippen LogP contribution in [0.5, 0.6) is 0 Å². The maximum absolute atomic E-state index is 8.36. The van der Waals surface area contributed by atoms with E-state index in [9.17, 15) is 0 Å². The summed E-state index contributed by atoms with van der Waals surface area (Å²) in [6.07, 6.45) is 1.24. The van der Waals surface area contributed by atoms with E-state index in [1.807, 2.05) is 13.8 Å². The van der Waals surface area contributed by atoms with Gasteiger partial charge in [-0.1, -0.05) is 13.8 Å². The van der Waals surface area contributed by atoms with Crippen LogP contribution >= 0.6 is 0 Å². The van der Waals surface area contributed by atoms with Gasteiger partial charge < -0.3 is 40.6 Å². The Morgan fingerprint density at radius 1 is 0.682 bits per heavy atom. The van der Waals surface area contributed by atoms with Crippen LogP contribution in [0.2, 0.25) is 0 Å². The summed E-state index contributed by atoms with van der Waals surface area (Å²) in [6, 6.07) is 0. The molecule has 0 saturated carbocycles. The van der Waals surface area contributed by atoms with Crippen molar-refractivity contribution in [3.8, 4) is 0 Å². The van der Waals surface area contributed by atoms with Crippen molar-refractivity contribution in [1.29, 1.82) is 0 Å². The lowest BCUT2D eigenvalue weighted by atomic mass is 10.4. The quantitative estimate of drug-likeness (QED) is 0.246. The van der Waals surface area contributed by atoms with Crippen LogP contribution in [0.1, 0.15) is 26.7 Å². The van der Waals surface area contributed by atoms with Crippen LogP contribution < -0.4 is 11.5 Å². The summed E-state index contributed by atoms with van der Waals surface area (Å²) < 4.78 is 20.1. The van der Waals surface area contributed by atoms with Crippen LogP contribution in [-0.4, -0.2) is 75.5 Å². The Balaban J connectivity index is 0. The molecule has 0 aliphatic carbocycles. The first kappa shape index (κ1) is 23.9. The van der Waals surface area contributed by atoms with Gasteiger partial charge in [0.05, 0.1) is 52.9 Å². The molecule has 0 aliphatic rings. The second-order valence-corrected chi connectivity index (χ2v) is 4.31. The van der Waals surface area contributed by atoms with Gasteiger partial charge in [0, 0.05) is 0 Å². The van der Waals surface area contributed by atoms with Crippen molar-refractivity contribution in [1.82, 2.24) is 0 Å². The topological polar surface area (TPSA) is 129 Å². The SMILES string of the molecule is CCC(N)OC(N)CC.OCCOCCOCCOCCO. The molecule has 6 N–H and O–H groups in total. The molecule has 0 bridgehead atoms. The lowest BCUT2D eigenvalue weighted by Crippen LogP contribution is -2.33. The highest BCUT2D eigenvalue weighted by molar-refractivity contribution is 4.47. The smallest absolute Gasteiger partial charge is 0.107 e. The van der Waals surface area contributed by atoms with E-state index >= 15 is 0 Å². The molecule has 136 valence electrons. The van der Waals surface area contributed by atoms with E-state index in [1.54, 1.807) is 0 Å². The molecule has 0 fully saturated rings. The minimum Gasteiger partial charge on any atom is -0.394 e. The summed E-state index contributed by atoms with van der Waals surface area (Å²) in [5, 5.41) is 16.7. The molecule has 0 heterocycles. The highest BCUT2D eigenvalue weighted by atomic mass is 16.5. The maximum atomic E-state index is 8.36. The molecule has 0 aromatic rings. The van der Waals surface area contributed by atoms with Crippen LogP contribution in [0.15, 0.2) is 0 Å². The maximum Gasteiger partial charge on any atom is 0.107 e. The predicted molar refractivity (Wildman–Crippen MR) is 84.2 cm³/mol. The molecular weight excluding hydrogens is 292 g/mol. The highest BCUT2D eigenvalue weighted by Gasteiger charge is 2.03. The zero-order chi connectivity index (χ0) is 17.1. The van der Waals surface area contributed by atoms with E-state index in [0.717, 1.165) is 12.8 Å². The number of hydrogen-bond acceptors (Lipinski definition) is 8. The van der Waals surface area contributed by atoms with Gasteiger partial charge in [0.2, 0.25) is 0 Å². The number of ether oxygens (including phenoxy) is 4. The number of hydrogen-bond donors (Lipinski definition) is 4. The van der Waals surface area contributed by atoms with Crippen LogP contribution in [-0.2, 0) is 18.9 Å². The first-order valence-electron chi connectivity index (χ1n) is 7.73. The van der Waals surface area contributed by atoms with Crippen molar-refractivity contribution in [2.45, 2.75) is 39.1 Å². The van der Waals surface area contributed by atoms with Gasteiger partial charge in [-0.25, -0.2) is 0 Å². The summed E-state index contributed by atoms with van der Waals surface area (Å²) in [5.74, 6) is 0. The third-order valence-electron chi connectivity index (χ3n) is 2.37. The van der Waals surface area contributed by atoms with Gasteiger partial charge in [-0.15, -0.1) is 0 Å². The summed E-state index contributed by atoms with van der Waals surface area (Å²) >= 11 is 0. The fourth-order valence-electron chi connectivity index (χ4n) is 1.09. The molecule has 0 amide bonds. The average Bonchev–Trinajstić information content (AvgIpc) is 2.53. The number of aliphatic hydroxyl groups excluding tert-OH is 2.